The molecule has 1 amide bonds. The van der Waals surface area contributed by atoms with Crippen LogP contribution in [0.2, 0.25) is 5.02 Å². The first-order chi connectivity index (χ1) is 15.8. The van der Waals surface area contributed by atoms with Gasteiger partial charge >= 0.3 is 0 Å². The van der Waals surface area contributed by atoms with Crippen LogP contribution in [-0.2, 0) is 0 Å². The first-order valence-corrected chi connectivity index (χ1v) is 10.9. The van der Waals surface area contributed by atoms with Gasteiger partial charge in [-0.1, -0.05) is 35.4 Å². The fourth-order valence-corrected chi connectivity index (χ4v) is 4.30. The van der Waals surface area contributed by atoms with Crippen LogP contribution in [-0.4, -0.2) is 25.1 Å². The number of hydrogen-bond acceptors (Lipinski definition) is 4. The summed E-state index contributed by atoms with van der Waals surface area (Å²) in [6, 6.07) is 16.9. The number of amides is 1. The zero-order valence-electron chi connectivity index (χ0n) is 19.2. The number of aromatic nitrogens is 1. The van der Waals surface area contributed by atoms with Crippen LogP contribution in [0.15, 0.2) is 54.6 Å². The standard InChI is InChI=1S/C27H25ClN2O3/c1-15-11-16(2)25-21(12-15)24(17(3)26(30-25)18-7-6-8-19(28)13-18)27(31)29-22-10-9-20(32-4)14-23(22)33-5/h6-14H,1-5H3,(H,29,31). The molecule has 0 spiro atoms. The highest BCUT2D eigenvalue weighted by atomic mass is 35.5. The molecule has 0 radical (unpaired) electrons. The zero-order chi connectivity index (χ0) is 23.7. The molecule has 4 rings (SSSR count). The van der Waals surface area contributed by atoms with Gasteiger partial charge in [0.2, 0.25) is 0 Å². The Morgan fingerprint density at radius 1 is 0.970 bits per heavy atom. The first-order valence-electron chi connectivity index (χ1n) is 10.5. The Labute approximate surface area is 198 Å². The van der Waals surface area contributed by atoms with Crippen LogP contribution in [0.5, 0.6) is 11.5 Å². The highest BCUT2D eigenvalue weighted by molar-refractivity contribution is 6.30. The lowest BCUT2D eigenvalue weighted by Crippen LogP contribution is -2.16. The van der Waals surface area contributed by atoms with Crippen LogP contribution >= 0.6 is 11.6 Å². The number of carbonyl (C=O) groups excluding carboxylic acids is 1. The second-order valence-electron chi connectivity index (χ2n) is 7.97. The molecule has 0 bridgehead atoms. The predicted molar refractivity (Wildman–Crippen MR) is 134 cm³/mol. The van der Waals surface area contributed by atoms with Crippen LogP contribution < -0.4 is 14.8 Å². The first kappa shape index (κ1) is 22.6. The third-order valence-corrected chi connectivity index (χ3v) is 5.89. The smallest absolute Gasteiger partial charge is 0.256 e. The van der Waals surface area contributed by atoms with Crippen LogP contribution in [0.1, 0.15) is 27.0 Å². The number of carbonyl (C=O) groups is 1. The van der Waals surface area contributed by atoms with Gasteiger partial charge in [0.1, 0.15) is 11.5 Å². The molecule has 0 aliphatic heterocycles. The molecule has 4 aromatic rings. The van der Waals surface area contributed by atoms with E-state index in [9.17, 15) is 4.79 Å². The third kappa shape index (κ3) is 4.37. The summed E-state index contributed by atoms with van der Waals surface area (Å²) in [7, 11) is 3.14. The summed E-state index contributed by atoms with van der Waals surface area (Å²) in [6.45, 7) is 5.94. The molecule has 0 aliphatic carbocycles. The monoisotopic (exact) mass is 460 g/mol. The van der Waals surface area contributed by atoms with Crippen molar-refractivity contribution in [2.75, 3.05) is 19.5 Å². The summed E-state index contributed by atoms with van der Waals surface area (Å²) >= 11 is 6.25. The maximum Gasteiger partial charge on any atom is 0.256 e. The Kier molecular flexibility index (Phi) is 6.25. The summed E-state index contributed by atoms with van der Waals surface area (Å²) < 4.78 is 10.7. The molecule has 168 valence electrons. The number of pyridine rings is 1. The molecule has 0 aliphatic rings. The third-order valence-electron chi connectivity index (χ3n) is 5.65. The van der Waals surface area contributed by atoms with Crippen molar-refractivity contribution in [2.24, 2.45) is 0 Å². The number of fused-ring (bicyclic) bond motifs is 1. The van der Waals surface area contributed by atoms with Gasteiger partial charge in [-0.05, 0) is 62.2 Å². The Morgan fingerprint density at radius 3 is 2.45 bits per heavy atom. The van der Waals surface area contributed by atoms with Crippen molar-refractivity contribution in [2.45, 2.75) is 20.8 Å². The lowest BCUT2D eigenvalue weighted by Gasteiger charge is -2.18. The minimum atomic E-state index is -0.239. The van der Waals surface area contributed by atoms with Crippen molar-refractivity contribution in [1.82, 2.24) is 4.98 Å². The SMILES string of the molecule is COc1ccc(NC(=O)c2c(C)c(-c3cccc(Cl)c3)nc3c(C)cc(C)cc23)c(OC)c1. The van der Waals surface area contributed by atoms with E-state index in [-0.39, 0.29) is 5.91 Å². The zero-order valence-corrected chi connectivity index (χ0v) is 20.0. The lowest BCUT2D eigenvalue weighted by atomic mass is 9.94. The van der Waals surface area contributed by atoms with Gasteiger partial charge in [0.05, 0.1) is 36.7 Å². The van der Waals surface area contributed by atoms with Gasteiger partial charge in [0, 0.05) is 22.0 Å². The molecule has 0 saturated heterocycles. The Bertz CT molecular complexity index is 1380. The van der Waals surface area contributed by atoms with E-state index < -0.39 is 0 Å². The fraction of sp³-hybridized carbons (Fsp3) is 0.185. The van der Waals surface area contributed by atoms with E-state index >= 15 is 0 Å². The second kappa shape index (κ2) is 9.12. The normalized spacial score (nSPS) is 10.8. The van der Waals surface area contributed by atoms with Crippen molar-refractivity contribution in [3.63, 3.8) is 0 Å². The number of halogens is 1. The van der Waals surface area contributed by atoms with Crippen LogP contribution in [0, 0.1) is 20.8 Å². The Morgan fingerprint density at radius 2 is 1.76 bits per heavy atom. The molecule has 3 aromatic carbocycles. The van der Waals surface area contributed by atoms with Gasteiger partial charge in [0.15, 0.2) is 0 Å². The summed E-state index contributed by atoms with van der Waals surface area (Å²) in [5.74, 6) is 0.919. The van der Waals surface area contributed by atoms with Crippen molar-refractivity contribution in [1.29, 1.82) is 0 Å². The van der Waals surface area contributed by atoms with Crippen molar-refractivity contribution in [3.05, 3.63) is 81.9 Å². The topological polar surface area (TPSA) is 60.5 Å². The van der Waals surface area contributed by atoms with E-state index in [0.29, 0.717) is 27.8 Å². The quantitative estimate of drug-likeness (QED) is 0.358. The van der Waals surface area contributed by atoms with Crippen molar-refractivity contribution >= 4 is 34.1 Å². The Hall–Kier alpha value is -3.57. The molecule has 0 atom stereocenters. The van der Waals surface area contributed by atoms with Gasteiger partial charge in [-0.3, -0.25) is 4.79 Å². The number of rotatable bonds is 5. The molecule has 1 heterocycles. The summed E-state index contributed by atoms with van der Waals surface area (Å²) in [4.78, 5) is 18.6. The molecule has 0 unspecified atom stereocenters. The van der Waals surface area contributed by atoms with Gasteiger partial charge in [-0.25, -0.2) is 4.98 Å². The predicted octanol–water partition coefficient (Wildman–Crippen LogP) is 6.75. The maximum absolute atomic E-state index is 13.7. The molecule has 5 nitrogen and oxygen atoms in total. The number of methoxy groups -OCH3 is 2. The maximum atomic E-state index is 13.7. The molecule has 0 fully saturated rings. The number of anilines is 1. The van der Waals surface area contributed by atoms with Gasteiger partial charge in [0.25, 0.3) is 5.91 Å². The van der Waals surface area contributed by atoms with E-state index in [1.54, 1.807) is 32.4 Å². The minimum Gasteiger partial charge on any atom is -0.497 e. The van der Waals surface area contributed by atoms with Crippen molar-refractivity contribution in [3.8, 4) is 22.8 Å². The largest absolute Gasteiger partial charge is 0.497 e. The Balaban J connectivity index is 1.92. The van der Waals surface area contributed by atoms with E-state index in [0.717, 1.165) is 38.9 Å². The minimum absolute atomic E-state index is 0.239. The van der Waals surface area contributed by atoms with Crippen LogP contribution in [0.4, 0.5) is 5.69 Å². The molecule has 6 heteroatoms. The molecule has 33 heavy (non-hydrogen) atoms. The number of aryl methyl sites for hydroxylation is 2. The van der Waals surface area contributed by atoms with Crippen LogP contribution in [0.3, 0.4) is 0 Å². The summed E-state index contributed by atoms with van der Waals surface area (Å²) in [6.07, 6.45) is 0. The van der Waals surface area contributed by atoms with E-state index in [4.69, 9.17) is 26.1 Å². The number of benzene rings is 3. The molecule has 0 saturated carbocycles. The highest BCUT2D eigenvalue weighted by Crippen LogP contribution is 2.35. The number of ether oxygens (including phenoxy) is 2. The second-order valence-corrected chi connectivity index (χ2v) is 8.41. The molecule has 1 N–H and O–H groups in total. The van der Waals surface area contributed by atoms with E-state index in [1.165, 1.54) is 0 Å². The van der Waals surface area contributed by atoms with Crippen molar-refractivity contribution < 1.29 is 14.3 Å². The average molecular weight is 461 g/mol. The van der Waals surface area contributed by atoms with Gasteiger partial charge < -0.3 is 14.8 Å². The van der Waals surface area contributed by atoms with Gasteiger partial charge in [-0.15, -0.1) is 0 Å². The number of nitrogens with one attached hydrogen (secondary N) is 1. The van der Waals surface area contributed by atoms with E-state index in [1.807, 2.05) is 51.1 Å². The fourth-order valence-electron chi connectivity index (χ4n) is 4.11. The summed E-state index contributed by atoms with van der Waals surface area (Å²) in [5, 5.41) is 4.44. The van der Waals surface area contributed by atoms with E-state index in [2.05, 4.69) is 11.4 Å². The van der Waals surface area contributed by atoms with Gasteiger partial charge in [-0.2, -0.15) is 0 Å². The average Bonchev–Trinajstić information content (AvgIpc) is 2.78. The number of nitrogens with zero attached hydrogens (tertiary/aromatic N) is 1. The lowest BCUT2D eigenvalue weighted by molar-refractivity contribution is 0.102. The molecular formula is C27H25ClN2O3. The molecular weight excluding hydrogens is 436 g/mol. The summed E-state index contributed by atoms with van der Waals surface area (Å²) in [5.41, 5.74) is 6.34. The molecule has 1 aromatic heterocycles. The van der Waals surface area contributed by atoms with Crippen LogP contribution in [0.25, 0.3) is 22.2 Å². The highest BCUT2D eigenvalue weighted by Gasteiger charge is 2.21. The number of hydrogen-bond donors (Lipinski definition) is 1.